The number of aryl methyl sites for hydroxylation is 1. The normalized spacial score (nSPS) is 10.7. The van der Waals surface area contributed by atoms with E-state index >= 15 is 0 Å². The molecule has 0 heterocycles. The van der Waals surface area contributed by atoms with Crippen LogP contribution in [-0.4, -0.2) is 6.29 Å². The topological polar surface area (TPSA) is 17.1 Å². The van der Waals surface area contributed by atoms with E-state index in [1.165, 1.54) is 6.07 Å². The lowest BCUT2D eigenvalue weighted by atomic mass is 10.0. The summed E-state index contributed by atoms with van der Waals surface area (Å²) in [6.07, 6.45) is -4.38. The fourth-order valence-electron chi connectivity index (χ4n) is 1.76. The number of benzene rings is 2. The predicted molar refractivity (Wildman–Crippen MR) is 74.0 cm³/mol. The molecule has 2 aromatic carbocycles. The van der Waals surface area contributed by atoms with Gasteiger partial charge in [0.25, 0.3) is 0 Å². The summed E-state index contributed by atoms with van der Waals surface area (Å²) in [6, 6.07) is 10.8. The van der Waals surface area contributed by atoms with Crippen LogP contribution in [0.2, 0.25) is 0 Å². The molecule has 0 aromatic heterocycles. The molecular weight excluding hydrogens is 277 g/mol. The van der Waals surface area contributed by atoms with Crippen LogP contribution in [0.3, 0.4) is 0 Å². The number of rotatable bonds is 1. The van der Waals surface area contributed by atoms with E-state index in [-0.39, 0.29) is 17.4 Å². The largest absolute Gasteiger partial charge is 0.417 e. The molecule has 2 rings (SSSR count). The lowest BCUT2D eigenvalue weighted by molar-refractivity contribution is -0.137. The molecule has 4 heteroatoms. The van der Waals surface area contributed by atoms with Crippen molar-refractivity contribution in [2.24, 2.45) is 0 Å². The van der Waals surface area contributed by atoms with Gasteiger partial charge in [-0.1, -0.05) is 29.5 Å². The number of hydrogen-bond donors (Lipinski definition) is 0. The Hall–Kier alpha value is -2.54. The van der Waals surface area contributed by atoms with Gasteiger partial charge in [-0.3, -0.25) is 4.79 Å². The molecular formula is C17H11F3O. The minimum absolute atomic E-state index is 0.194. The third kappa shape index (κ3) is 3.73. The SMILES string of the molecule is Cc1ccc(C#Cc2ccc(C=O)c(C(F)(F)F)c2)cc1. The first kappa shape index (κ1) is 14.9. The van der Waals surface area contributed by atoms with Gasteiger partial charge in [0.1, 0.15) is 0 Å². The van der Waals surface area contributed by atoms with Crippen molar-refractivity contribution in [3.8, 4) is 11.8 Å². The smallest absolute Gasteiger partial charge is 0.298 e. The molecule has 0 radical (unpaired) electrons. The number of hydrogen-bond acceptors (Lipinski definition) is 1. The Balaban J connectivity index is 2.38. The summed E-state index contributed by atoms with van der Waals surface area (Å²) in [5, 5.41) is 0. The van der Waals surface area contributed by atoms with Crippen LogP contribution in [0.25, 0.3) is 0 Å². The molecule has 1 nitrogen and oxygen atoms in total. The van der Waals surface area contributed by atoms with Crippen molar-refractivity contribution in [2.75, 3.05) is 0 Å². The van der Waals surface area contributed by atoms with Crippen LogP contribution in [0, 0.1) is 18.8 Å². The quantitative estimate of drug-likeness (QED) is 0.567. The number of carbonyl (C=O) groups excluding carboxylic acids is 1. The van der Waals surface area contributed by atoms with E-state index in [9.17, 15) is 18.0 Å². The van der Waals surface area contributed by atoms with Crippen molar-refractivity contribution in [3.63, 3.8) is 0 Å². The summed E-state index contributed by atoms with van der Waals surface area (Å²) in [6.45, 7) is 1.94. The van der Waals surface area contributed by atoms with E-state index in [4.69, 9.17) is 0 Å². The fraction of sp³-hybridized carbons (Fsp3) is 0.118. The zero-order chi connectivity index (χ0) is 15.5. The highest BCUT2D eigenvalue weighted by Crippen LogP contribution is 2.31. The molecule has 0 N–H and O–H groups in total. The van der Waals surface area contributed by atoms with Gasteiger partial charge >= 0.3 is 6.18 Å². The minimum Gasteiger partial charge on any atom is -0.298 e. The van der Waals surface area contributed by atoms with Crippen molar-refractivity contribution < 1.29 is 18.0 Å². The molecule has 0 spiro atoms. The highest BCUT2D eigenvalue weighted by molar-refractivity contribution is 5.78. The first-order valence-corrected chi connectivity index (χ1v) is 6.15. The van der Waals surface area contributed by atoms with E-state index in [1.807, 2.05) is 19.1 Å². The number of alkyl halides is 3. The van der Waals surface area contributed by atoms with Crippen LogP contribution in [-0.2, 0) is 6.18 Å². The summed E-state index contributed by atoms with van der Waals surface area (Å²) < 4.78 is 38.4. The zero-order valence-electron chi connectivity index (χ0n) is 11.2. The van der Waals surface area contributed by atoms with E-state index in [0.29, 0.717) is 5.56 Å². The Morgan fingerprint density at radius 1 is 0.952 bits per heavy atom. The number of aldehydes is 1. The van der Waals surface area contributed by atoms with Gasteiger partial charge in [0.05, 0.1) is 5.56 Å². The maximum absolute atomic E-state index is 12.8. The summed E-state index contributed by atoms with van der Waals surface area (Å²) in [5.41, 5.74) is 0.661. The Labute approximate surface area is 120 Å². The van der Waals surface area contributed by atoms with Crippen molar-refractivity contribution in [3.05, 3.63) is 70.3 Å². The van der Waals surface area contributed by atoms with Gasteiger partial charge in [-0.2, -0.15) is 13.2 Å². The van der Waals surface area contributed by atoms with E-state index in [1.54, 1.807) is 12.1 Å². The van der Waals surface area contributed by atoms with E-state index in [0.717, 1.165) is 17.7 Å². The molecule has 21 heavy (non-hydrogen) atoms. The monoisotopic (exact) mass is 288 g/mol. The minimum atomic E-state index is -4.57. The van der Waals surface area contributed by atoms with Crippen LogP contribution < -0.4 is 0 Å². The van der Waals surface area contributed by atoms with Crippen molar-refractivity contribution in [1.82, 2.24) is 0 Å². The van der Waals surface area contributed by atoms with Crippen LogP contribution in [0.15, 0.2) is 42.5 Å². The third-order valence-electron chi connectivity index (χ3n) is 2.89. The fourth-order valence-corrected chi connectivity index (χ4v) is 1.76. The second-order valence-corrected chi connectivity index (χ2v) is 4.53. The maximum Gasteiger partial charge on any atom is 0.417 e. The highest BCUT2D eigenvalue weighted by Gasteiger charge is 2.33. The Bertz CT molecular complexity index is 716. The van der Waals surface area contributed by atoms with Crippen molar-refractivity contribution >= 4 is 6.29 Å². The highest BCUT2D eigenvalue weighted by atomic mass is 19.4. The first-order chi connectivity index (χ1) is 9.90. The van der Waals surface area contributed by atoms with Gasteiger partial charge in [-0.05, 0) is 37.3 Å². The van der Waals surface area contributed by atoms with Crippen molar-refractivity contribution in [1.29, 1.82) is 0 Å². The molecule has 0 bridgehead atoms. The van der Waals surface area contributed by atoms with E-state index in [2.05, 4.69) is 11.8 Å². The molecule has 2 aromatic rings. The predicted octanol–water partition coefficient (Wildman–Crippen LogP) is 4.23. The second kappa shape index (κ2) is 5.84. The van der Waals surface area contributed by atoms with Gasteiger partial charge < -0.3 is 0 Å². The Kier molecular flexibility index (Phi) is 4.13. The third-order valence-corrected chi connectivity index (χ3v) is 2.89. The van der Waals surface area contributed by atoms with E-state index < -0.39 is 11.7 Å². The molecule has 0 atom stereocenters. The number of carbonyl (C=O) groups is 1. The molecule has 0 aliphatic rings. The lowest BCUT2D eigenvalue weighted by Gasteiger charge is -2.09. The first-order valence-electron chi connectivity index (χ1n) is 6.15. The lowest BCUT2D eigenvalue weighted by Crippen LogP contribution is -2.09. The summed E-state index contributed by atoms with van der Waals surface area (Å²) >= 11 is 0. The summed E-state index contributed by atoms with van der Waals surface area (Å²) in [5.74, 6) is 5.48. The average molecular weight is 288 g/mol. The van der Waals surface area contributed by atoms with Crippen molar-refractivity contribution in [2.45, 2.75) is 13.1 Å². The maximum atomic E-state index is 12.8. The Morgan fingerprint density at radius 3 is 2.10 bits per heavy atom. The van der Waals surface area contributed by atoms with Gasteiger partial charge in [0.2, 0.25) is 0 Å². The Morgan fingerprint density at radius 2 is 1.52 bits per heavy atom. The van der Waals surface area contributed by atoms with Crippen LogP contribution in [0.5, 0.6) is 0 Å². The average Bonchev–Trinajstić information content (AvgIpc) is 2.45. The van der Waals surface area contributed by atoms with Gasteiger partial charge in [-0.15, -0.1) is 0 Å². The number of halogens is 3. The van der Waals surface area contributed by atoms with Crippen LogP contribution in [0.1, 0.15) is 32.6 Å². The van der Waals surface area contributed by atoms with Crippen LogP contribution in [0.4, 0.5) is 13.2 Å². The molecule has 0 saturated heterocycles. The molecule has 0 amide bonds. The molecule has 0 saturated carbocycles. The van der Waals surface area contributed by atoms with Gasteiger partial charge in [-0.25, -0.2) is 0 Å². The molecule has 0 aliphatic carbocycles. The zero-order valence-corrected chi connectivity index (χ0v) is 11.2. The van der Waals surface area contributed by atoms with Gasteiger partial charge in [0, 0.05) is 16.7 Å². The molecule has 0 fully saturated rings. The summed E-state index contributed by atoms with van der Waals surface area (Å²) in [4.78, 5) is 10.7. The second-order valence-electron chi connectivity index (χ2n) is 4.53. The van der Waals surface area contributed by atoms with Crippen LogP contribution >= 0.6 is 0 Å². The van der Waals surface area contributed by atoms with Gasteiger partial charge in [0.15, 0.2) is 6.29 Å². The molecule has 0 aliphatic heterocycles. The summed E-state index contributed by atoms with van der Waals surface area (Å²) in [7, 11) is 0. The standard InChI is InChI=1S/C17H11F3O/c1-12-2-4-13(5-3-12)6-7-14-8-9-15(11-21)16(10-14)17(18,19)20/h2-5,8-11H,1H3. The molecule has 0 unspecified atom stereocenters. The molecule has 106 valence electrons.